The van der Waals surface area contributed by atoms with E-state index in [2.05, 4.69) is 82.1 Å². The molecule has 5 nitrogen and oxygen atoms in total. The monoisotopic (exact) mass is 468 g/mol. The molecule has 1 aliphatic heterocycles. The van der Waals surface area contributed by atoms with Crippen molar-refractivity contribution < 1.29 is 4.74 Å². The second-order valence-corrected chi connectivity index (χ2v) is 8.99. The predicted molar refractivity (Wildman–Crippen MR) is 139 cm³/mol. The highest BCUT2D eigenvalue weighted by molar-refractivity contribution is 7.80. The molecule has 3 heterocycles. The van der Waals surface area contributed by atoms with Crippen LogP contribution in [0, 0.1) is 13.8 Å². The minimum absolute atomic E-state index is 0.00756. The average Bonchev–Trinajstić information content (AvgIpc) is 3.35. The van der Waals surface area contributed by atoms with E-state index in [-0.39, 0.29) is 12.1 Å². The van der Waals surface area contributed by atoms with E-state index in [1.807, 2.05) is 36.5 Å². The Hall–Kier alpha value is -3.64. The van der Waals surface area contributed by atoms with Gasteiger partial charge in [-0.05, 0) is 67.5 Å². The fraction of sp³-hybridized carbons (Fsp3) is 0.214. The lowest BCUT2D eigenvalue weighted by Gasteiger charge is -2.28. The lowest BCUT2D eigenvalue weighted by molar-refractivity contribution is 0.310. The quantitative estimate of drug-likeness (QED) is 0.369. The van der Waals surface area contributed by atoms with Crippen molar-refractivity contribution in [2.75, 3.05) is 7.11 Å². The highest BCUT2D eigenvalue weighted by Crippen LogP contribution is 2.42. The molecule has 1 fully saturated rings. The zero-order valence-corrected chi connectivity index (χ0v) is 20.4. The second-order valence-electron chi connectivity index (χ2n) is 8.60. The van der Waals surface area contributed by atoms with Crippen molar-refractivity contribution in [1.29, 1.82) is 0 Å². The zero-order valence-electron chi connectivity index (χ0n) is 19.6. The standard InChI is InChI=1S/C28H28N4OS/c1-19-16-24(20(2)32(19)22-12-9-13-23(17-22)33-3)27-26(25-14-7-8-15-29-25)30-28(34)31(27)18-21-10-5-4-6-11-21/h4-17,26-27H,18H2,1-3H3,(H,30,34)/t26-,27+/m1/s1. The van der Waals surface area contributed by atoms with Crippen LogP contribution in [0.2, 0.25) is 0 Å². The van der Waals surface area contributed by atoms with Crippen molar-refractivity contribution in [3.8, 4) is 11.4 Å². The first kappa shape index (κ1) is 22.2. The summed E-state index contributed by atoms with van der Waals surface area (Å²) in [5, 5.41) is 4.31. The molecule has 1 saturated heterocycles. The van der Waals surface area contributed by atoms with Gasteiger partial charge in [0.05, 0.1) is 24.9 Å². The number of aryl methyl sites for hydroxylation is 1. The van der Waals surface area contributed by atoms with Gasteiger partial charge in [0.15, 0.2) is 5.11 Å². The van der Waals surface area contributed by atoms with E-state index in [0.29, 0.717) is 0 Å². The second kappa shape index (κ2) is 9.31. The van der Waals surface area contributed by atoms with E-state index in [1.165, 1.54) is 16.8 Å². The van der Waals surface area contributed by atoms with Crippen LogP contribution in [0.3, 0.4) is 0 Å². The number of aromatic nitrogens is 2. The maximum atomic E-state index is 5.87. The Morgan fingerprint density at radius 2 is 1.76 bits per heavy atom. The molecule has 0 amide bonds. The summed E-state index contributed by atoms with van der Waals surface area (Å²) < 4.78 is 7.77. The molecule has 0 spiro atoms. The van der Waals surface area contributed by atoms with Gasteiger partial charge in [-0.2, -0.15) is 0 Å². The summed E-state index contributed by atoms with van der Waals surface area (Å²) in [5.74, 6) is 0.840. The fourth-order valence-corrected chi connectivity index (χ4v) is 5.23. The van der Waals surface area contributed by atoms with Gasteiger partial charge in [-0.1, -0.05) is 42.5 Å². The van der Waals surface area contributed by atoms with Crippen LogP contribution in [0.15, 0.2) is 85.1 Å². The van der Waals surface area contributed by atoms with Gasteiger partial charge in [-0.3, -0.25) is 4.98 Å². The predicted octanol–water partition coefficient (Wildman–Crippen LogP) is 5.67. The number of nitrogens with one attached hydrogen (secondary N) is 1. The number of nitrogens with zero attached hydrogens (tertiary/aromatic N) is 3. The van der Waals surface area contributed by atoms with E-state index >= 15 is 0 Å². The number of hydrogen-bond donors (Lipinski definition) is 1. The highest BCUT2D eigenvalue weighted by Gasteiger charge is 2.41. The Labute approximate surface area is 206 Å². The molecule has 0 unspecified atom stereocenters. The summed E-state index contributed by atoms with van der Waals surface area (Å²) >= 11 is 5.87. The van der Waals surface area contributed by atoms with Crippen molar-refractivity contribution in [1.82, 2.24) is 19.8 Å². The maximum absolute atomic E-state index is 5.87. The first-order valence-electron chi connectivity index (χ1n) is 11.4. The van der Waals surface area contributed by atoms with Crippen LogP contribution >= 0.6 is 12.2 Å². The van der Waals surface area contributed by atoms with E-state index in [0.717, 1.165) is 34.5 Å². The first-order valence-corrected chi connectivity index (χ1v) is 11.8. The molecule has 2 aromatic carbocycles. The minimum atomic E-state index is -0.0447. The van der Waals surface area contributed by atoms with Gasteiger partial charge >= 0.3 is 0 Å². The molecule has 2 atom stereocenters. The highest BCUT2D eigenvalue weighted by atomic mass is 32.1. The molecular weight excluding hydrogens is 440 g/mol. The zero-order chi connectivity index (χ0) is 23.7. The summed E-state index contributed by atoms with van der Waals surface area (Å²) in [4.78, 5) is 6.97. The van der Waals surface area contributed by atoms with E-state index in [9.17, 15) is 0 Å². The molecule has 6 heteroatoms. The molecule has 0 aliphatic carbocycles. The van der Waals surface area contributed by atoms with E-state index < -0.39 is 0 Å². The Kier molecular flexibility index (Phi) is 6.07. The van der Waals surface area contributed by atoms with Gasteiger partial charge in [-0.25, -0.2) is 0 Å². The summed E-state index contributed by atoms with van der Waals surface area (Å²) in [7, 11) is 1.70. The van der Waals surface area contributed by atoms with Gasteiger partial charge in [-0.15, -0.1) is 0 Å². The van der Waals surface area contributed by atoms with Crippen LogP contribution in [0.5, 0.6) is 5.75 Å². The maximum Gasteiger partial charge on any atom is 0.170 e. The number of thiocarbonyl (C=S) groups is 1. The Morgan fingerprint density at radius 3 is 2.50 bits per heavy atom. The van der Waals surface area contributed by atoms with Gasteiger partial charge < -0.3 is 19.5 Å². The van der Waals surface area contributed by atoms with Crippen LogP contribution in [0.1, 0.15) is 40.3 Å². The number of benzene rings is 2. The molecule has 4 aromatic rings. The minimum Gasteiger partial charge on any atom is -0.497 e. The Morgan fingerprint density at radius 1 is 0.971 bits per heavy atom. The SMILES string of the molecule is COc1cccc(-n2c(C)cc([C@H]3[C@@H](c4ccccn4)NC(=S)N3Cc3ccccc3)c2C)c1. The van der Waals surface area contributed by atoms with Crippen molar-refractivity contribution in [3.05, 3.63) is 113 Å². The Bertz CT molecular complexity index is 1300. The van der Waals surface area contributed by atoms with Crippen LogP contribution < -0.4 is 10.1 Å². The average molecular weight is 469 g/mol. The van der Waals surface area contributed by atoms with Crippen LogP contribution in [0.4, 0.5) is 0 Å². The molecule has 34 heavy (non-hydrogen) atoms. The molecule has 5 rings (SSSR count). The van der Waals surface area contributed by atoms with Crippen molar-refractivity contribution in [2.45, 2.75) is 32.5 Å². The molecule has 2 aromatic heterocycles. The fourth-order valence-electron chi connectivity index (χ4n) is 4.93. The third kappa shape index (κ3) is 4.05. The molecule has 1 N–H and O–H groups in total. The summed E-state index contributed by atoms with van der Waals surface area (Å²) in [5.41, 5.74) is 6.87. The third-order valence-corrected chi connectivity index (χ3v) is 6.85. The largest absolute Gasteiger partial charge is 0.497 e. The van der Waals surface area contributed by atoms with Crippen molar-refractivity contribution in [2.24, 2.45) is 0 Å². The summed E-state index contributed by atoms with van der Waals surface area (Å²) in [6.07, 6.45) is 1.84. The van der Waals surface area contributed by atoms with Crippen LogP contribution in [0.25, 0.3) is 5.69 Å². The van der Waals surface area contributed by atoms with Gasteiger partial charge in [0.25, 0.3) is 0 Å². The summed E-state index contributed by atoms with van der Waals surface area (Å²) in [6.45, 7) is 5.05. The third-order valence-electron chi connectivity index (χ3n) is 6.49. The van der Waals surface area contributed by atoms with E-state index in [4.69, 9.17) is 17.0 Å². The number of pyridine rings is 1. The van der Waals surface area contributed by atoms with Crippen LogP contribution in [-0.4, -0.2) is 26.7 Å². The van der Waals surface area contributed by atoms with Crippen LogP contribution in [-0.2, 0) is 6.54 Å². The lowest BCUT2D eigenvalue weighted by Crippen LogP contribution is -2.29. The van der Waals surface area contributed by atoms with Gasteiger partial charge in [0, 0.05) is 35.9 Å². The van der Waals surface area contributed by atoms with Crippen molar-refractivity contribution in [3.63, 3.8) is 0 Å². The topological polar surface area (TPSA) is 42.3 Å². The smallest absolute Gasteiger partial charge is 0.170 e. The molecule has 0 radical (unpaired) electrons. The first-order chi connectivity index (χ1) is 16.6. The summed E-state index contributed by atoms with van der Waals surface area (Å²) in [6, 6.07) is 26.9. The molecule has 0 bridgehead atoms. The molecular formula is C28H28N4OS. The molecule has 0 saturated carbocycles. The van der Waals surface area contributed by atoms with Gasteiger partial charge in [0.2, 0.25) is 0 Å². The molecule has 172 valence electrons. The number of hydrogen-bond acceptors (Lipinski definition) is 3. The number of ether oxygens (including phenoxy) is 1. The van der Waals surface area contributed by atoms with E-state index in [1.54, 1.807) is 7.11 Å². The molecule has 1 aliphatic rings. The van der Waals surface area contributed by atoms with Gasteiger partial charge in [0.1, 0.15) is 5.75 Å². The Balaban J connectivity index is 1.62. The normalized spacial score (nSPS) is 17.6. The number of rotatable bonds is 6. The number of methoxy groups -OCH3 is 1. The van der Waals surface area contributed by atoms with Crippen molar-refractivity contribution >= 4 is 17.3 Å². The lowest BCUT2D eigenvalue weighted by atomic mass is 9.96.